The lowest BCUT2D eigenvalue weighted by molar-refractivity contribution is -0.145. The molecule has 0 unspecified atom stereocenters. The van der Waals surface area contributed by atoms with Crippen LogP contribution in [0.3, 0.4) is 0 Å². The Hall–Kier alpha value is -2.45. The van der Waals surface area contributed by atoms with Crippen LogP contribution < -0.4 is 10.5 Å². The van der Waals surface area contributed by atoms with Crippen LogP contribution in [-0.2, 0) is 6.18 Å². The molecule has 0 aliphatic carbocycles. The molecule has 0 radical (unpaired) electrons. The van der Waals surface area contributed by atoms with Gasteiger partial charge in [0.15, 0.2) is 11.6 Å². The molecule has 106 valence electrons. The minimum absolute atomic E-state index is 0.488. The molecule has 2 aromatic rings. The number of alkyl halides is 3. The molecular weight excluding hydrogens is 285 g/mol. The maximum atomic E-state index is 13.3. The molecule has 9 heteroatoms. The molecule has 1 aromatic carbocycles. The number of anilines is 1. The fourth-order valence-corrected chi connectivity index (χ4v) is 1.29. The highest BCUT2D eigenvalue weighted by Gasteiger charge is 2.35. The molecule has 0 saturated carbocycles. The fraction of sp³-hybridized carbons (Fsp3) is 0.0909. The van der Waals surface area contributed by atoms with E-state index in [9.17, 15) is 22.0 Å². The quantitative estimate of drug-likeness (QED) is 0.863. The second-order valence-electron chi connectivity index (χ2n) is 3.63. The average molecular weight is 291 g/mol. The zero-order chi connectivity index (χ0) is 14.9. The minimum Gasteiger partial charge on any atom is -0.436 e. The summed E-state index contributed by atoms with van der Waals surface area (Å²) in [6.45, 7) is 0. The highest BCUT2D eigenvalue weighted by Crippen LogP contribution is 2.30. The Morgan fingerprint density at radius 1 is 1.05 bits per heavy atom. The highest BCUT2D eigenvalue weighted by atomic mass is 19.4. The summed E-state index contributed by atoms with van der Waals surface area (Å²) in [4.78, 5) is 6.06. The summed E-state index contributed by atoms with van der Waals surface area (Å²) in [6.07, 6.45) is -4.82. The van der Waals surface area contributed by atoms with Crippen LogP contribution in [0.15, 0.2) is 24.3 Å². The number of rotatable bonds is 2. The lowest BCUT2D eigenvalue weighted by Gasteiger charge is -2.09. The Balaban J connectivity index is 2.36. The zero-order valence-corrected chi connectivity index (χ0v) is 9.58. The number of benzene rings is 1. The van der Waals surface area contributed by atoms with Crippen molar-refractivity contribution in [1.82, 2.24) is 9.97 Å². The van der Waals surface area contributed by atoms with Crippen LogP contribution in [-0.4, -0.2) is 9.97 Å². The molecule has 0 atom stereocenters. The third kappa shape index (κ3) is 3.11. The smallest absolute Gasteiger partial charge is 0.436 e. The Morgan fingerprint density at radius 2 is 1.75 bits per heavy atom. The molecule has 1 aromatic heterocycles. The van der Waals surface area contributed by atoms with E-state index < -0.39 is 41.1 Å². The number of nitrogens with zero attached hydrogens (tertiary/aromatic N) is 2. The molecule has 0 fully saturated rings. The first-order chi connectivity index (χ1) is 9.25. The van der Waals surface area contributed by atoms with Crippen molar-refractivity contribution in [2.75, 3.05) is 5.73 Å². The van der Waals surface area contributed by atoms with E-state index in [2.05, 4.69) is 9.97 Å². The van der Waals surface area contributed by atoms with Crippen molar-refractivity contribution >= 4 is 5.82 Å². The topological polar surface area (TPSA) is 61.0 Å². The van der Waals surface area contributed by atoms with Crippen molar-refractivity contribution in [1.29, 1.82) is 0 Å². The van der Waals surface area contributed by atoms with Gasteiger partial charge in [0.1, 0.15) is 11.6 Å². The number of halogens is 5. The van der Waals surface area contributed by atoms with Crippen LogP contribution >= 0.6 is 0 Å². The third-order valence-corrected chi connectivity index (χ3v) is 2.08. The van der Waals surface area contributed by atoms with Crippen molar-refractivity contribution in [3.05, 3.63) is 41.7 Å². The maximum absolute atomic E-state index is 13.3. The third-order valence-electron chi connectivity index (χ3n) is 2.08. The molecule has 2 N–H and O–H groups in total. The zero-order valence-electron chi connectivity index (χ0n) is 9.58. The number of aromatic nitrogens is 2. The predicted molar refractivity (Wildman–Crippen MR) is 57.9 cm³/mol. The van der Waals surface area contributed by atoms with Gasteiger partial charge in [0, 0.05) is 12.1 Å². The molecule has 2 rings (SSSR count). The number of nitrogens with two attached hydrogens (primary N) is 1. The van der Waals surface area contributed by atoms with Crippen LogP contribution in [0.4, 0.5) is 27.8 Å². The van der Waals surface area contributed by atoms with E-state index in [0.717, 1.165) is 18.2 Å². The van der Waals surface area contributed by atoms with E-state index in [1.807, 2.05) is 0 Å². The van der Waals surface area contributed by atoms with Crippen LogP contribution in [0, 0.1) is 11.6 Å². The van der Waals surface area contributed by atoms with Gasteiger partial charge in [0.2, 0.25) is 11.7 Å². The molecule has 0 aliphatic heterocycles. The molecule has 0 saturated heterocycles. The largest absolute Gasteiger partial charge is 0.451 e. The Kier molecular flexibility index (Phi) is 3.43. The van der Waals surface area contributed by atoms with E-state index in [0.29, 0.717) is 6.07 Å². The first-order valence-electron chi connectivity index (χ1n) is 5.10. The van der Waals surface area contributed by atoms with E-state index in [-0.39, 0.29) is 0 Å². The SMILES string of the molecule is Nc1cc(Oc2ccc(F)cc2F)nc(C(F)(F)F)n1. The average Bonchev–Trinajstić information content (AvgIpc) is 2.31. The van der Waals surface area contributed by atoms with E-state index in [4.69, 9.17) is 10.5 Å². The van der Waals surface area contributed by atoms with Crippen LogP contribution in [0.25, 0.3) is 0 Å². The Morgan fingerprint density at radius 3 is 2.35 bits per heavy atom. The minimum atomic E-state index is -4.82. The monoisotopic (exact) mass is 291 g/mol. The van der Waals surface area contributed by atoms with Gasteiger partial charge in [0.25, 0.3) is 0 Å². The fourth-order valence-electron chi connectivity index (χ4n) is 1.29. The van der Waals surface area contributed by atoms with Crippen molar-refractivity contribution in [2.24, 2.45) is 0 Å². The molecule has 4 nitrogen and oxygen atoms in total. The summed E-state index contributed by atoms with van der Waals surface area (Å²) in [5.74, 6) is -5.04. The Labute approximate surface area is 109 Å². The summed E-state index contributed by atoms with van der Waals surface area (Å²) >= 11 is 0. The summed E-state index contributed by atoms with van der Waals surface area (Å²) < 4.78 is 68.2. The lowest BCUT2D eigenvalue weighted by Crippen LogP contribution is -2.13. The van der Waals surface area contributed by atoms with Crippen LogP contribution in [0.1, 0.15) is 5.82 Å². The van der Waals surface area contributed by atoms with Gasteiger partial charge in [-0.15, -0.1) is 0 Å². The summed E-state index contributed by atoms with van der Waals surface area (Å²) in [7, 11) is 0. The van der Waals surface area contributed by atoms with E-state index in [1.165, 1.54) is 0 Å². The van der Waals surface area contributed by atoms with Gasteiger partial charge in [-0.1, -0.05) is 0 Å². The van der Waals surface area contributed by atoms with Gasteiger partial charge in [-0.2, -0.15) is 18.2 Å². The second kappa shape index (κ2) is 4.91. The first-order valence-corrected chi connectivity index (χ1v) is 5.10. The van der Waals surface area contributed by atoms with Gasteiger partial charge >= 0.3 is 6.18 Å². The molecular formula is C11H6F5N3O. The van der Waals surface area contributed by atoms with Crippen LogP contribution in [0.5, 0.6) is 11.6 Å². The summed E-state index contributed by atoms with van der Waals surface area (Å²) in [5.41, 5.74) is 5.19. The number of hydrogen-bond acceptors (Lipinski definition) is 4. The standard InChI is InChI=1S/C11H6F5N3O/c12-5-1-2-7(6(13)3-5)20-9-4-8(17)18-10(19-9)11(14,15)16/h1-4H,(H2,17,18,19). The predicted octanol–water partition coefficient (Wildman–Crippen LogP) is 3.15. The van der Waals surface area contributed by atoms with Gasteiger partial charge in [-0.25, -0.2) is 13.8 Å². The van der Waals surface area contributed by atoms with Crippen molar-refractivity contribution in [2.45, 2.75) is 6.18 Å². The number of ether oxygens (including phenoxy) is 1. The molecule has 20 heavy (non-hydrogen) atoms. The van der Waals surface area contributed by atoms with Crippen LogP contribution in [0.2, 0.25) is 0 Å². The van der Waals surface area contributed by atoms with Crippen molar-refractivity contribution in [3.63, 3.8) is 0 Å². The number of nitrogen functional groups attached to an aromatic ring is 1. The van der Waals surface area contributed by atoms with Gasteiger partial charge in [-0.3, -0.25) is 0 Å². The van der Waals surface area contributed by atoms with Gasteiger partial charge in [0.05, 0.1) is 0 Å². The van der Waals surface area contributed by atoms with Crippen molar-refractivity contribution < 1.29 is 26.7 Å². The Bertz CT molecular complexity index is 644. The molecule has 0 spiro atoms. The molecule has 0 aliphatic rings. The highest BCUT2D eigenvalue weighted by molar-refractivity contribution is 5.36. The first kappa shape index (κ1) is 14.0. The lowest BCUT2D eigenvalue weighted by atomic mass is 10.3. The van der Waals surface area contributed by atoms with E-state index >= 15 is 0 Å². The second-order valence-corrected chi connectivity index (χ2v) is 3.63. The van der Waals surface area contributed by atoms with Crippen molar-refractivity contribution in [3.8, 4) is 11.6 Å². The number of hydrogen-bond donors (Lipinski definition) is 1. The normalized spacial score (nSPS) is 11.4. The summed E-state index contributed by atoms with van der Waals surface area (Å²) in [5, 5.41) is 0. The molecule has 0 bridgehead atoms. The molecule has 0 amide bonds. The van der Waals surface area contributed by atoms with Gasteiger partial charge in [-0.05, 0) is 12.1 Å². The maximum Gasteiger partial charge on any atom is 0.451 e. The van der Waals surface area contributed by atoms with E-state index in [1.54, 1.807) is 0 Å². The van der Waals surface area contributed by atoms with Gasteiger partial charge < -0.3 is 10.5 Å². The summed E-state index contributed by atoms with van der Waals surface area (Å²) in [6, 6.07) is 3.20. The molecule has 1 heterocycles.